The van der Waals surface area contributed by atoms with E-state index in [1.165, 1.54) is 16.7 Å². The Morgan fingerprint density at radius 1 is 0.962 bits per heavy atom. The van der Waals surface area contributed by atoms with E-state index >= 15 is 0 Å². The zero-order chi connectivity index (χ0) is 17.3. The molecule has 0 aliphatic carbocycles. The van der Waals surface area contributed by atoms with Crippen molar-refractivity contribution >= 4 is 41.7 Å². The average Bonchev–Trinajstić information content (AvgIpc) is 2.68. The van der Waals surface area contributed by atoms with E-state index in [2.05, 4.69) is 34.2 Å². The van der Waals surface area contributed by atoms with Crippen molar-refractivity contribution in [3.05, 3.63) is 71.3 Å². The quantitative estimate of drug-likeness (QED) is 0.385. The standard InChI is InChI=1S/C20H25N3OS.HI/c21-20(23-10-12-25-13-11-23)22-14-18-8-4-5-9-19(18)16-24-15-17-6-2-1-3-7-17;/h1-9H,10-16H2,(H2,21,22);1H. The number of hydrogen-bond acceptors (Lipinski definition) is 3. The second-order valence-electron chi connectivity index (χ2n) is 6.02. The normalized spacial score (nSPS) is 14.8. The second kappa shape index (κ2) is 11.5. The summed E-state index contributed by atoms with van der Waals surface area (Å²) in [5.41, 5.74) is 9.69. The van der Waals surface area contributed by atoms with Crippen molar-refractivity contribution < 1.29 is 4.74 Å². The molecular formula is C20H26IN3OS. The Labute approximate surface area is 177 Å². The summed E-state index contributed by atoms with van der Waals surface area (Å²) < 4.78 is 5.88. The van der Waals surface area contributed by atoms with Gasteiger partial charge >= 0.3 is 0 Å². The highest BCUT2D eigenvalue weighted by molar-refractivity contribution is 14.0. The summed E-state index contributed by atoms with van der Waals surface area (Å²) in [6.07, 6.45) is 0. The second-order valence-corrected chi connectivity index (χ2v) is 7.25. The lowest BCUT2D eigenvalue weighted by atomic mass is 10.1. The number of nitrogens with zero attached hydrogens (tertiary/aromatic N) is 2. The summed E-state index contributed by atoms with van der Waals surface area (Å²) in [5, 5.41) is 0. The first-order valence-electron chi connectivity index (χ1n) is 8.64. The number of guanidine groups is 1. The Bertz CT molecular complexity index is 690. The molecule has 0 aromatic heterocycles. The summed E-state index contributed by atoms with van der Waals surface area (Å²) in [4.78, 5) is 6.77. The molecule has 6 heteroatoms. The van der Waals surface area contributed by atoms with E-state index in [4.69, 9.17) is 10.5 Å². The summed E-state index contributed by atoms with van der Waals surface area (Å²) in [6, 6.07) is 18.5. The van der Waals surface area contributed by atoms with Gasteiger partial charge in [-0.2, -0.15) is 11.8 Å². The van der Waals surface area contributed by atoms with E-state index < -0.39 is 0 Å². The van der Waals surface area contributed by atoms with Gasteiger partial charge in [-0.1, -0.05) is 54.6 Å². The van der Waals surface area contributed by atoms with Gasteiger partial charge in [0.25, 0.3) is 0 Å². The molecule has 4 nitrogen and oxygen atoms in total. The predicted octanol–water partition coefficient (Wildman–Crippen LogP) is 3.88. The summed E-state index contributed by atoms with van der Waals surface area (Å²) in [7, 11) is 0. The van der Waals surface area contributed by atoms with Crippen LogP contribution in [0, 0.1) is 0 Å². The predicted molar refractivity (Wildman–Crippen MR) is 121 cm³/mol. The number of halogens is 1. The number of rotatable bonds is 6. The Morgan fingerprint density at radius 2 is 1.62 bits per heavy atom. The van der Waals surface area contributed by atoms with E-state index in [9.17, 15) is 0 Å². The van der Waals surface area contributed by atoms with Crippen LogP contribution in [0.2, 0.25) is 0 Å². The molecule has 140 valence electrons. The minimum Gasteiger partial charge on any atom is -0.372 e. The van der Waals surface area contributed by atoms with Crippen molar-refractivity contribution in [1.29, 1.82) is 0 Å². The zero-order valence-corrected chi connectivity index (χ0v) is 18.0. The minimum atomic E-state index is 0. The molecule has 1 fully saturated rings. The molecule has 0 amide bonds. The molecule has 26 heavy (non-hydrogen) atoms. The highest BCUT2D eigenvalue weighted by Crippen LogP contribution is 2.14. The molecule has 0 saturated carbocycles. The lowest BCUT2D eigenvalue weighted by Crippen LogP contribution is -2.42. The largest absolute Gasteiger partial charge is 0.372 e. The van der Waals surface area contributed by atoms with Gasteiger partial charge in [-0.05, 0) is 16.7 Å². The van der Waals surface area contributed by atoms with Gasteiger partial charge in [0.1, 0.15) is 0 Å². The molecule has 1 saturated heterocycles. The molecule has 2 aromatic rings. The van der Waals surface area contributed by atoms with Crippen LogP contribution in [0.15, 0.2) is 59.6 Å². The third-order valence-electron chi connectivity index (χ3n) is 4.23. The smallest absolute Gasteiger partial charge is 0.191 e. The molecule has 2 aromatic carbocycles. The number of aliphatic imine (C=N–C) groups is 1. The summed E-state index contributed by atoms with van der Waals surface area (Å²) in [5.74, 6) is 2.90. The van der Waals surface area contributed by atoms with Crippen LogP contribution in [0.1, 0.15) is 16.7 Å². The molecular weight excluding hydrogens is 457 g/mol. The molecule has 1 aliphatic heterocycles. The number of thioether (sulfide) groups is 1. The van der Waals surface area contributed by atoms with Crippen LogP contribution < -0.4 is 5.73 Å². The number of nitrogens with two attached hydrogens (primary N) is 1. The number of hydrogen-bond donors (Lipinski definition) is 1. The molecule has 0 atom stereocenters. The fraction of sp³-hybridized carbons (Fsp3) is 0.350. The fourth-order valence-corrected chi connectivity index (χ4v) is 3.67. The first kappa shape index (κ1) is 21.1. The maximum absolute atomic E-state index is 6.16. The summed E-state index contributed by atoms with van der Waals surface area (Å²) >= 11 is 1.97. The van der Waals surface area contributed by atoms with Crippen LogP contribution in [0.5, 0.6) is 0 Å². The highest BCUT2D eigenvalue weighted by atomic mass is 127. The van der Waals surface area contributed by atoms with Crippen molar-refractivity contribution in [2.24, 2.45) is 10.7 Å². The highest BCUT2D eigenvalue weighted by Gasteiger charge is 2.12. The van der Waals surface area contributed by atoms with Gasteiger partial charge in [-0.25, -0.2) is 4.99 Å². The van der Waals surface area contributed by atoms with Crippen LogP contribution >= 0.6 is 35.7 Å². The van der Waals surface area contributed by atoms with Gasteiger partial charge < -0.3 is 15.4 Å². The molecule has 0 radical (unpaired) electrons. The molecule has 1 aliphatic rings. The molecule has 3 rings (SSSR count). The van der Waals surface area contributed by atoms with Crippen LogP contribution in [0.4, 0.5) is 0 Å². The maximum Gasteiger partial charge on any atom is 0.191 e. The Morgan fingerprint density at radius 3 is 2.35 bits per heavy atom. The monoisotopic (exact) mass is 483 g/mol. The van der Waals surface area contributed by atoms with Gasteiger partial charge in [0.05, 0.1) is 19.8 Å². The lowest BCUT2D eigenvalue weighted by Gasteiger charge is -2.27. The van der Waals surface area contributed by atoms with Gasteiger partial charge in [-0.15, -0.1) is 24.0 Å². The van der Waals surface area contributed by atoms with Crippen molar-refractivity contribution in [3.63, 3.8) is 0 Å². The van der Waals surface area contributed by atoms with Gasteiger partial charge in [0.2, 0.25) is 0 Å². The maximum atomic E-state index is 6.16. The third kappa shape index (κ3) is 6.48. The number of ether oxygens (including phenoxy) is 1. The van der Waals surface area contributed by atoms with Crippen molar-refractivity contribution in [3.8, 4) is 0 Å². The molecule has 2 N–H and O–H groups in total. The topological polar surface area (TPSA) is 50.9 Å². The van der Waals surface area contributed by atoms with E-state index in [-0.39, 0.29) is 24.0 Å². The van der Waals surface area contributed by atoms with Crippen LogP contribution in [-0.2, 0) is 24.5 Å². The SMILES string of the molecule is I.NC(=NCc1ccccc1COCc1ccccc1)N1CCSCC1. The molecule has 0 spiro atoms. The Hall–Kier alpha value is -1.25. The number of benzene rings is 2. The first-order valence-corrected chi connectivity index (χ1v) is 9.79. The van der Waals surface area contributed by atoms with Gasteiger partial charge in [-0.3, -0.25) is 0 Å². The van der Waals surface area contributed by atoms with E-state index in [1.807, 2.05) is 42.1 Å². The van der Waals surface area contributed by atoms with E-state index in [0.717, 1.165) is 24.6 Å². The van der Waals surface area contributed by atoms with E-state index in [0.29, 0.717) is 25.7 Å². The van der Waals surface area contributed by atoms with Crippen LogP contribution in [-0.4, -0.2) is 35.5 Å². The van der Waals surface area contributed by atoms with Gasteiger partial charge in [0, 0.05) is 24.6 Å². The van der Waals surface area contributed by atoms with Crippen LogP contribution in [0.3, 0.4) is 0 Å². The Balaban J connectivity index is 0.00000243. The summed E-state index contributed by atoms with van der Waals surface area (Å²) in [6.45, 7) is 3.77. The van der Waals surface area contributed by atoms with Crippen molar-refractivity contribution in [2.45, 2.75) is 19.8 Å². The lowest BCUT2D eigenvalue weighted by molar-refractivity contribution is 0.106. The van der Waals surface area contributed by atoms with Crippen LogP contribution in [0.25, 0.3) is 0 Å². The van der Waals surface area contributed by atoms with Crippen molar-refractivity contribution in [2.75, 3.05) is 24.6 Å². The fourth-order valence-electron chi connectivity index (χ4n) is 2.76. The first-order chi connectivity index (χ1) is 12.3. The molecule has 1 heterocycles. The van der Waals surface area contributed by atoms with Gasteiger partial charge in [0.15, 0.2) is 5.96 Å². The minimum absolute atomic E-state index is 0. The average molecular weight is 483 g/mol. The molecule has 0 unspecified atom stereocenters. The van der Waals surface area contributed by atoms with E-state index in [1.54, 1.807) is 0 Å². The van der Waals surface area contributed by atoms with Crippen molar-refractivity contribution in [1.82, 2.24) is 4.90 Å². The Kier molecular flexibility index (Phi) is 9.28. The third-order valence-corrected chi connectivity index (χ3v) is 5.18. The zero-order valence-electron chi connectivity index (χ0n) is 14.8. The molecule has 0 bridgehead atoms.